The molecule has 3 heterocycles. The molecule has 0 amide bonds. The lowest BCUT2D eigenvalue weighted by atomic mass is 10.1. The summed E-state index contributed by atoms with van der Waals surface area (Å²) in [5.74, 6) is 1.63. The first-order chi connectivity index (χ1) is 15.8. The molecule has 1 aliphatic heterocycles. The average molecular weight is 421 g/mol. The van der Waals surface area contributed by atoms with Crippen LogP contribution in [0.15, 0.2) is 66.9 Å². The van der Waals surface area contributed by atoms with Gasteiger partial charge in [0.05, 0.1) is 17.8 Å². The molecule has 0 bridgehead atoms. The van der Waals surface area contributed by atoms with E-state index in [9.17, 15) is 5.26 Å². The Balaban J connectivity index is 1.57. The van der Waals surface area contributed by atoms with Gasteiger partial charge in [-0.05, 0) is 24.5 Å². The monoisotopic (exact) mass is 420 g/mol. The predicted octanol–water partition coefficient (Wildman–Crippen LogP) is 4.98. The van der Waals surface area contributed by atoms with Crippen LogP contribution in [-0.2, 0) is 19.5 Å². The summed E-state index contributed by atoms with van der Waals surface area (Å²) in [5, 5.41) is 23.6. The molecule has 0 saturated carbocycles. The summed E-state index contributed by atoms with van der Waals surface area (Å²) >= 11 is 0. The van der Waals surface area contributed by atoms with E-state index in [4.69, 9.17) is 5.10 Å². The van der Waals surface area contributed by atoms with Crippen molar-refractivity contribution in [3.63, 3.8) is 0 Å². The number of aryl methyl sites for hydroxylation is 1. The summed E-state index contributed by atoms with van der Waals surface area (Å²) in [4.78, 5) is 0. The fourth-order valence-corrected chi connectivity index (χ4v) is 4.20. The van der Waals surface area contributed by atoms with Gasteiger partial charge >= 0.3 is 0 Å². The molecule has 0 unspecified atom stereocenters. The number of allylic oxidation sites excluding steroid dienone is 1. The first-order valence-electron chi connectivity index (χ1n) is 11.0. The molecule has 2 aromatic heterocycles. The lowest BCUT2D eigenvalue weighted by Gasteiger charge is -2.06. The molecular weight excluding hydrogens is 396 g/mol. The van der Waals surface area contributed by atoms with E-state index >= 15 is 0 Å². The number of fused-ring (bicyclic) bond motifs is 1. The minimum absolute atomic E-state index is 0.516. The number of hydrogen-bond donors (Lipinski definition) is 0. The van der Waals surface area contributed by atoms with Crippen molar-refractivity contribution in [3.05, 3.63) is 89.6 Å². The Kier molecular flexibility index (Phi) is 5.63. The van der Waals surface area contributed by atoms with Crippen molar-refractivity contribution in [1.82, 2.24) is 24.5 Å². The Morgan fingerprint density at radius 1 is 0.969 bits per heavy atom. The van der Waals surface area contributed by atoms with E-state index in [0.717, 1.165) is 48.5 Å². The van der Waals surface area contributed by atoms with Crippen LogP contribution in [0.3, 0.4) is 0 Å². The number of nitrogens with zero attached hydrogens (tertiary/aromatic N) is 6. The minimum Gasteiger partial charge on any atom is -0.310 e. The maximum absolute atomic E-state index is 10.0. The molecule has 0 aliphatic carbocycles. The first-order valence-corrected chi connectivity index (χ1v) is 11.0. The molecule has 1 aliphatic rings. The van der Waals surface area contributed by atoms with Crippen LogP contribution in [0.4, 0.5) is 0 Å². The molecule has 0 spiro atoms. The maximum Gasteiger partial charge on any atom is 0.174 e. The number of benzene rings is 2. The molecule has 32 heavy (non-hydrogen) atoms. The van der Waals surface area contributed by atoms with Gasteiger partial charge in [-0.1, -0.05) is 67.1 Å². The molecular formula is C26H24N6. The zero-order valence-corrected chi connectivity index (χ0v) is 17.9. The number of nitriles is 1. The third kappa shape index (κ3) is 4.10. The molecule has 6 nitrogen and oxygen atoms in total. The fraction of sp³-hybridized carbons (Fsp3) is 0.231. The van der Waals surface area contributed by atoms with Gasteiger partial charge < -0.3 is 4.57 Å². The third-order valence-corrected chi connectivity index (χ3v) is 5.80. The zero-order valence-electron chi connectivity index (χ0n) is 17.9. The highest BCUT2D eigenvalue weighted by Gasteiger charge is 2.19. The van der Waals surface area contributed by atoms with Crippen molar-refractivity contribution in [2.45, 2.75) is 38.8 Å². The predicted molar refractivity (Wildman–Crippen MR) is 124 cm³/mol. The summed E-state index contributed by atoms with van der Waals surface area (Å²) in [5.41, 5.74) is 4.46. The molecule has 2 aromatic carbocycles. The third-order valence-electron chi connectivity index (χ3n) is 5.80. The second-order valence-corrected chi connectivity index (χ2v) is 8.05. The molecule has 158 valence electrons. The van der Waals surface area contributed by atoms with Crippen LogP contribution in [-0.4, -0.2) is 24.5 Å². The Hall–Kier alpha value is -3.98. The first kappa shape index (κ1) is 20.0. The van der Waals surface area contributed by atoms with Crippen molar-refractivity contribution in [2.24, 2.45) is 0 Å². The van der Waals surface area contributed by atoms with Gasteiger partial charge in [0.25, 0.3) is 0 Å². The van der Waals surface area contributed by atoms with E-state index in [2.05, 4.69) is 33.0 Å². The van der Waals surface area contributed by atoms with Crippen LogP contribution in [0.1, 0.15) is 42.0 Å². The van der Waals surface area contributed by atoms with Crippen molar-refractivity contribution in [3.8, 4) is 17.3 Å². The molecule has 4 aromatic rings. The van der Waals surface area contributed by atoms with E-state index in [0.29, 0.717) is 17.9 Å². The summed E-state index contributed by atoms with van der Waals surface area (Å²) in [6, 6.07) is 22.7. The lowest BCUT2D eigenvalue weighted by Crippen LogP contribution is -2.05. The largest absolute Gasteiger partial charge is 0.310 e. The van der Waals surface area contributed by atoms with Gasteiger partial charge in [0.15, 0.2) is 5.82 Å². The molecule has 6 heteroatoms. The molecule has 5 rings (SSSR count). The van der Waals surface area contributed by atoms with Crippen LogP contribution < -0.4 is 0 Å². The van der Waals surface area contributed by atoms with E-state index in [1.165, 1.54) is 12.0 Å². The molecule has 0 saturated heterocycles. The molecule has 0 fully saturated rings. The SMILES string of the molecule is N#C/C(=C\c1cn(Cc2ccccc2)nc1-c1ccccc1)c1nnc2n1CCCCC2. The summed E-state index contributed by atoms with van der Waals surface area (Å²) in [7, 11) is 0. The van der Waals surface area contributed by atoms with Crippen molar-refractivity contribution in [1.29, 1.82) is 5.26 Å². The lowest BCUT2D eigenvalue weighted by molar-refractivity contribution is 0.627. The highest BCUT2D eigenvalue weighted by atomic mass is 15.3. The van der Waals surface area contributed by atoms with Gasteiger partial charge in [0.1, 0.15) is 11.9 Å². The van der Waals surface area contributed by atoms with Crippen molar-refractivity contribution >= 4 is 11.6 Å². The minimum atomic E-state index is 0.516. The summed E-state index contributed by atoms with van der Waals surface area (Å²) < 4.78 is 4.04. The fourth-order valence-electron chi connectivity index (χ4n) is 4.20. The van der Waals surface area contributed by atoms with Crippen molar-refractivity contribution in [2.75, 3.05) is 0 Å². The van der Waals surface area contributed by atoms with Gasteiger partial charge in [-0.3, -0.25) is 4.68 Å². The Bertz CT molecular complexity index is 1280. The standard InChI is InChI=1S/C26H24N6/c27-17-22(26-29-28-24-14-8-3-9-15-32(24)26)16-23-19-31(18-20-10-4-1-5-11-20)30-25(23)21-12-6-2-7-13-21/h1-2,4-7,10-13,16,19H,3,8-9,14-15,18H2/b22-16+. The van der Waals surface area contributed by atoms with E-state index in [1.807, 2.05) is 65.5 Å². The van der Waals surface area contributed by atoms with Crippen LogP contribution >= 0.6 is 0 Å². The Morgan fingerprint density at radius 3 is 2.53 bits per heavy atom. The topological polar surface area (TPSA) is 72.3 Å². The molecule has 0 atom stereocenters. The highest BCUT2D eigenvalue weighted by molar-refractivity contribution is 5.90. The van der Waals surface area contributed by atoms with Crippen LogP contribution in [0, 0.1) is 11.3 Å². The van der Waals surface area contributed by atoms with Crippen LogP contribution in [0.5, 0.6) is 0 Å². The van der Waals surface area contributed by atoms with Gasteiger partial charge in [0.2, 0.25) is 0 Å². The van der Waals surface area contributed by atoms with E-state index in [-0.39, 0.29) is 0 Å². The molecule has 0 radical (unpaired) electrons. The van der Waals surface area contributed by atoms with Crippen LogP contribution in [0.2, 0.25) is 0 Å². The van der Waals surface area contributed by atoms with Gasteiger partial charge in [0, 0.05) is 30.3 Å². The van der Waals surface area contributed by atoms with Crippen LogP contribution in [0.25, 0.3) is 22.9 Å². The van der Waals surface area contributed by atoms with E-state index in [1.54, 1.807) is 0 Å². The zero-order chi connectivity index (χ0) is 21.8. The maximum atomic E-state index is 10.0. The number of aromatic nitrogens is 5. The summed E-state index contributed by atoms with van der Waals surface area (Å²) in [6.07, 6.45) is 8.20. The van der Waals surface area contributed by atoms with Gasteiger partial charge in [-0.2, -0.15) is 10.4 Å². The average Bonchev–Trinajstić information content (AvgIpc) is 3.34. The second-order valence-electron chi connectivity index (χ2n) is 8.05. The highest BCUT2D eigenvalue weighted by Crippen LogP contribution is 2.27. The Labute approximate surface area is 187 Å². The quantitative estimate of drug-likeness (QED) is 0.427. The second kappa shape index (κ2) is 9.03. The normalized spacial score (nSPS) is 13.9. The van der Waals surface area contributed by atoms with Gasteiger partial charge in [-0.15, -0.1) is 10.2 Å². The van der Waals surface area contributed by atoms with E-state index < -0.39 is 0 Å². The number of rotatable bonds is 5. The molecule has 0 N–H and O–H groups in total. The van der Waals surface area contributed by atoms with Crippen molar-refractivity contribution < 1.29 is 0 Å². The Morgan fingerprint density at radius 2 is 1.75 bits per heavy atom. The summed E-state index contributed by atoms with van der Waals surface area (Å²) in [6.45, 7) is 1.52. The van der Waals surface area contributed by atoms with Gasteiger partial charge in [-0.25, -0.2) is 0 Å². The number of hydrogen-bond acceptors (Lipinski definition) is 4. The smallest absolute Gasteiger partial charge is 0.174 e.